The molecule has 1 unspecified atom stereocenters. The molecule has 0 heterocycles. The Morgan fingerprint density at radius 3 is 2.41 bits per heavy atom. The van der Waals surface area contributed by atoms with Gasteiger partial charge in [0.25, 0.3) is 5.91 Å². The number of benzene rings is 2. The fourth-order valence-corrected chi connectivity index (χ4v) is 2.32. The average molecular weight is 373 g/mol. The molecule has 27 heavy (non-hydrogen) atoms. The molecule has 1 amide bonds. The van der Waals surface area contributed by atoms with Gasteiger partial charge in [0.2, 0.25) is 0 Å². The van der Waals surface area contributed by atoms with Crippen LogP contribution in [0.4, 0.5) is 0 Å². The Morgan fingerprint density at radius 1 is 1.07 bits per heavy atom. The predicted molar refractivity (Wildman–Crippen MR) is 94.1 cm³/mol. The van der Waals surface area contributed by atoms with Crippen molar-refractivity contribution in [2.45, 2.75) is 12.5 Å². The number of esters is 2. The standard InChI is InChI=1S/C19H19NO7/c1-26-19(25)15(9-12-5-3-2-4-6-12)20-17(23)11-27-18(24)14-8-7-13(21)10-16(14)22/h2-8,10,15,21-22H,9,11H2,1H3,(H,20,23). The predicted octanol–water partition coefficient (Wildman–Crippen LogP) is 1.16. The highest BCUT2D eigenvalue weighted by molar-refractivity contribution is 5.94. The fraction of sp³-hybridized carbons (Fsp3) is 0.211. The lowest BCUT2D eigenvalue weighted by atomic mass is 10.1. The Morgan fingerprint density at radius 2 is 1.78 bits per heavy atom. The molecule has 0 aliphatic heterocycles. The van der Waals surface area contributed by atoms with Crippen molar-refractivity contribution in [2.75, 3.05) is 13.7 Å². The number of carbonyl (C=O) groups excluding carboxylic acids is 3. The van der Waals surface area contributed by atoms with Gasteiger partial charge < -0.3 is 25.0 Å². The smallest absolute Gasteiger partial charge is 0.342 e. The van der Waals surface area contributed by atoms with E-state index in [2.05, 4.69) is 10.1 Å². The van der Waals surface area contributed by atoms with E-state index in [0.717, 1.165) is 17.7 Å². The minimum atomic E-state index is -0.944. The molecule has 2 rings (SSSR count). The van der Waals surface area contributed by atoms with Gasteiger partial charge in [0.15, 0.2) is 6.61 Å². The number of amides is 1. The first-order valence-electron chi connectivity index (χ1n) is 8.01. The zero-order valence-corrected chi connectivity index (χ0v) is 14.5. The summed E-state index contributed by atoms with van der Waals surface area (Å²) in [6, 6.07) is 11.4. The first-order valence-corrected chi connectivity index (χ1v) is 8.01. The van der Waals surface area contributed by atoms with Crippen molar-refractivity contribution >= 4 is 17.8 Å². The molecule has 0 fully saturated rings. The van der Waals surface area contributed by atoms with Crippen LogP contribution in [0.3, 0.4) is 0 Å². The molecule has 2 aromatic rings. The van der Waals surface area contributed by atoms with Crippen LogP contribution in [0, 0.1) is 0 Å². The van der Waals surface area contributed by atoms with E-state index in [1.54, 1.807) is 24.3 Å². The summed E-state index contributed by atoms with van der Waals surface area (Å²) in [6.07, 6.45) is 0.214. The van der Waals surface area contributed by atoms with Crippen LogP contribution in [-0.4, -0.2) is 47.8 Å². The van der Waals surface area contributed by atoms with Crippen molar-refractivity contribution in [3.63, 3.8) is 0 Å². The maximum atomic E-state index is 12.0. The Hall–Kier alpha value is -3.55. The largest absolute Gasteiger partial charge is 0.508 e. The van der Waals surface area contributed by atoms with Crippen LogP contribution in [0.1, 0.15) is 15.9 Å². The molecule has 0 bridgehead atoms. The average Bonchev–Trinajstić information content (AvgIpc) is 2.65. The number of aromatic hydroxyl groups is 2. The minimum Gasteiger partial charge on any atom is -0.508 e. The summed E-state index contributed by atoms with van der Waals surface area (Å²) < 4.78 is 9.52. The van der Waals surface area contributed by atoms with Crippen LogP contribution in [-0.2, 0) is 25.5 Å². The molecule has 1 atom stereocenters. The first-order chi connectivity index (χ1) is 12.9. The highest BCUT2D eigenvalue weighted by Crippen LogP contribution is 2.23. The maximum absolute atomic E-state index is 12.0. The molecule has 8 nitrogen and oxygen atoms in total. The number of phenols is 2. The van der Waals surface area contributed by atoms with Gasteiger partial charge in [-0.1, -0.05) is 30.3 Å². The topological polar surface area (TPSA) is 122 Å². The van der Waals surface area contributed by atoms with Crippen molar-refractivity contribution in [2.24, 2.45) is 0 Å². The lowest BCUT2D eigenvalue weighted by Gasteiger charge is -2.16. The van der Waals surface area contributed by atoms with Gasteiger partial charge in [-0.3, -0.25) is 4.79 Å². The minimum absolute atomic E-state index is 0.200. The molecule has 2 aromatic carbocycles. The van der Waals surface area contributed by atoms with Crippen LogP contribution >= 0.6 is 0 Å². The van der Waals surface area contributed by atoms with E-state index >= 15 is 0 Å². The SMILES string of the molecule is COC(=O)C(Cc1ccccc1)NC(=O)COC(=O)c1ccc(O)cc1O. The Kier molecular flexibility index (Phi) is 6.76. The summed E-state index contributed by atoms with van der Waals surface area (Å²) in [5.74, 6) is -2.97. The van der Waals surface area contributed by atoms with Gasteiger partial charge in [-0.05, 0) is 17.7 Å². The summed E-state index contributed by atoms with van der Waals surface area (Å²) >= 11 is 0. The van der Waals surface area contributed by atoms with Crippen LogP contribution in [0.5, 0.6) is 11.5 Å². The van der Waals surface area contributed by atoms with Crippen LogP contribution in [0.25, 0.3) is 0 Å². The third-order valence-corrected chi connectivity index (χ3v) is 3.64. The van der Waals surface area contributed by atoms with Gasteiger partial charge in [0, 0.05) is 12.5 Å². The number of hydrogen-bond donors (Lipinski definition) is 3. The maximum Gasteiger partial charge on any atom is 0.342 e. The highest BCUT2D eigenvalue weighted by atomic mass is 16.5. The first kappa shape index (κ1) is 19.8. The van der Waals surface area contributed by atoms with E-state index < -0.39 is 36.2 Å². The van der Waals surface area contributed by atoms with Crippen LogP contribution in [0.2, 0.25) is 0 Å². The van der Waals surface area contributed by atoms with Gasteiger partial charge in [-0.2, -0.15) is 0 Å². The number of nitrogens with one attached hydrogen (secondary N) is 1. The number of phenolic OH excluding ortho intramolecular Hbond substituents is 2. The van der Waals surface area contributed by atoms with E-state index in [9.17, 15) is 24.6 Å². The Balaban J connectivity index is 1.94. The number of hydrogen-bond acceptors (Lipinski definition) is 7. The molecule has 0 spiro atoms. The number of rotatable bonds is 7. The van der Waals surface area contributed by atoms with Gasteiger partial charge in [-0.25, -0.2) is 9.59 Å². The third-order valence-electron chi connectivity index (χ3n) is 3.64. The van der Waals surface area contributed by atoms with Crippen LogP contribution in [0.15, 0.2) is 48.5 Å². The molecule has 8 heteroatoms. The summed E-state index contributed by atoms with van der Waals surface area (Å²) in [4.78, 5) is 35.8. The van der Waals surface area contributed by atoms with Gasteiger partial charge in [0.1, 0.15) is 23.1 Å². The molecule has 0 radical (unpaired) electrons. The van der Waals surface area contributed by atoms with Crippen molar-refractivity contribution in [1.82, 2.24) is 5.32 Å². The van der Waals surface area contributed by atoms with E-state index in [-0.39, 0.29) is 17.7 Å². The zero-order valence-electron chi connectivity index (χ0n) is 14.5. The van der Waals surface area contributed by atoms with Gasteiger partial charge in [0.05, 0.1) is 7.11 Å². The molecule has 0 aliphatic carbocycles. The summed E-state index contributed by atoms with van der Waals surface area (Å²) in [5, 5.41) is 21.3. The molecule has 0 aliphatic rings. The fourth-order valence-electron chi connectivity index (χ4n) is 2.32. The number of carbonyl (C=O) groups is 3. The monoisotopic (exact) mass is 373 g/mol. The summed E-state index contributed by atoms with van der Waals surface area (Å²) in [5.41, 5.74) is 0.619. The lowest BCUT2D eigenvalue weighted by Crippen LogP contribution is -2.44. The Labute approximate surface area is 155 Å². The van der Waals surface area contributed by atoms with Gasteiger partial charge in [-0.15, -0.1) is 0 Å². The quantitative estimate of drug-likeness (QED) is 0.622. The second-order valence-electron chi connectivity index (χ2n) is 5.61. The molecule has 0 saturated heterocycles. The lowest BCUT2D eigenvalue weighted by molar-refractivity contribution is -0.145. The number of ether oxygens (including phenoxy) is 2. The summed E-state index contributed by atoms with van der Waals surface area (Å²) in [6.45, 7) is -0.651. The van der Waals surface area contributed by atoms with Gasteiger partial charge >= 0.3 is 11.9 Å². The number of methoxy groups -OCH3 is 1. The third kappa shape index (κ3) is 5.74. The van der Waals surface area contributed by atoms with Crippen molar-refractivity contribution < 1.29 is 34.1 Å². The van der Waals surface area contributed by atoms with Crippen molar-refractivity contribution in [1.29, 1.82) is 0 Å². The molecular formula is C19H19NO7. The second kappa shape index (κ2) is 9.23. The highest BCUT2D eigenvalue weighted by Gasteiger charge is 2.23. The molecule has 0 saturated carbocycles. The summed E-state index contributed by atoms with van der Waals surface area (Å²) in [7, 11) is 1.21. The van der Waals surface area contributed by atoms with E-state index in [1.807, 2.05) is 6.07 Å². The van der Waals surface area contributed by atoms with Crippen LogP contribution < -0.4 is 5.32 Å². The van der Waals surface area contributed by atoms with Crippen molar-refractivity contribution in [3.8, 4) is 11.5 Å². The van der Waals surface area contributed by atoms with E-state index in [4.69, 9.17) is 4.74 Å². The van der Waals surface area contributed by atoms with E-state index in [0.29, 0.717) is 0 Å². The Bertz CT molecular complexity index is 820. The second-order valence-corrected chi connectivity index (χ2v) is 5.61. The molecule has 142 valence electrons. The normalized spacial score (nSPS) is 11.3. The van der Waals surface area contributed by atoms with Crippen molar-refractivity contribution in [3.05, 3.63) is 59.7 Å². The molecular weight excluding hydrogens is 354 g/mol. The van der Waals surface area contributed by atoms with E-state index in [1.165, 1.54) is 13.2 Å². The molecule has 3 N–H and O–H groups in total. The molecule has 0 aromatic heterocycles. The zero-order chi connectivity index (χ0) is 19.8.